The fraction of sp³-hybridized carbons (Fsp3) is 0.875. The molecule has 0 aliphatic heterocycles. The van der Waals surface area contributed by atoms with Crippen molar-refractivity contribution in [1.82, 2.24) is 4.31 Å². The smallest absolute Gasteiger partial charge is 0.0199 e. The van der Waals surface area contributed by atoms with E-state index in [2.05, 4.69) is 24.0 Å². The summed E-state index contributed by atoms with van der Waals surface area (Å²) in [4.78, 5) is 0. The number of hydrogen-bond acceptors (Lipinski definition) is 2. The van der Waals surface area contributed by atoms with Crippen LogP contribution >= 0.6 is 11.9 Å². The van der Waals surface area contributed by atoms with Crippen LogP contribution in [0.1, 0.15) is 25.7 Å². The van der Waals surface area contributed by atoms with Crippen molar-refractivity contribution in [2.45, 2.75) is 31.7 Å². The molecule has 0 spiro atoms. The Hall–Kier alpha value is 0.310. The molecule has 1 aliphatic rings. The molecular weight excluding hydrogens is 142 g/mol. The molecule has 0 saturated heterocycles. The van der Waals surface area contributed by atoms with Crippen molar-refractivity contribution in [2.75, 3.05) is 13.3 Å². The molecule has 0 atom stereocenters. The van der Waals surface area contributed by atoms with E-state index in [1.807, 2.05) is 11.9 Å². The van der Waals surface area contributed by atoms with Gasteiger partial charge in [-0.25, -0.2) is 0 Å². The molecule has 0 bridgehead atoms. The lowest BCUT2D eigenvalue weighted by atomic mass is 9.96. The second-order valence-corrected chi connectivity index (χ2v) is 3.77. The minimum atomic E-state index is 0.833. The van der Waals surface area contributed by atoms with Crippen LogP contribution in [0.15, 0.2) is 0 Å². The van der Waals surface area contributed by atoms with Crippen LogP contribution in [0.5, 0.6) is 0 Å². The van der Waals surface area contributed by atoms with E-state index in [1.165, 1.54) is 25.7 Å². The Kier molecular flexibility index (Phi) is 3.57. The molecule has 0 aromatic rings. The van der Waals surface area contributed by atoms with Gasteiger partial charge in [0.05, 0.1) is 0 Å². The normalized spacial score (nSPS) is 21.9. The second-order valence-electron chi connectivity index (χ2n) is 2.83. The summed E-state index contributed by atoms with van der Waals surface area (Å²) in [5.74, 6) is 0. The van der Waals surface area contributed by atoms with Crippen LogP contribution in [0.4, 0.5) is 0 Å². The molecule has 2 heteroatoms. The average molecular weight is 158 g/mol. The van der Waals surface area contributed by atoms with Gasteiger partial charge < -0.3 is 0 Å². The maximum atomic E-state index is 2.41. The lowest BCUT2D eigenvalue weighted by Crippen LogP contribution is -2.27. The molecule has 0 heterocycles. The standard InChI is InChI=1S/C8H16NS/c1-9(10-2)8-6-4-3-5-7-8/h3,8H,4-7H2,1-2H3. The predicted molar refractivity (Wildman–Crippen MR) is 47.8 cm³/mol. The van der Waals surface area contributed by atoms with Gasteiger partial charge in [-0.15, -0.1) is 0 Å². The summed E-state index contributed by atoms with van der Waals surface area (Å²) in [5.41, 5.74) is 0. The fourth-order valence-electron chi connectivity index (χ4n) is 1.42. The van der Waals surface area contributed by atoms with Gasteiger partial charge in [0.2, 0.25) is 0 Å². The highest BCUT2D eigenvalue weighted by Crippen LogP contribution is 2.23. The molecule has 0 aromatic carbocycles. The van der Waals surface area contributed by atoms with Gasteiger partial charge in [0.1, 0.15) is 0 Å². The maximum Gasteiger partial charge on any atom is 0.0199 e. The van der Waals surface area contributed by atoms with Crippen LogP contribution in [0.2, 0.25) is 0 Å². The highest BCUT2D eigenvalue weighted by molar-refractivity contribution is 7.96. The van der Waals surface area contributed by atoms with Crippen LogP contribution in [-0.2, 0) is 0 Å². The number of hydrogen-bond donors (Lipinski definition) is 0. The molecule has 59 valence electrons. The summed E-state index contributed by atoms with van der Waals surface area (Å²) in [7, 11) is 2.20. The molecule has 1 rings (SSSR count). The first-order valence-electron chi connectivity index (χ1n) is 3.93. The van der Waals surface area contributed by atoms with Crippen LogP contribution in [-0.4, -0.2) is 23.7 Å². The molecule has 0 amide bonds. The lowest BCUT2D eigenvalue weighted by Gasteiger charge is -2.28. The van der Waals surface area contributed by atoms with Crippen LogP contribution < -0.4 is 0 Å². The van der Waals surface area contributed by atoms with Gasteiger partial charge in [0.15, 0.2) is 0 Å². The first-order chi connectivity index (χ1) is 4.84. The summed E-state index contributed by atoms with van der Waals surface area (Å²) < 4.78 is 2.38. The Balaban J connectivity index is 2.24. The van der Waals surface area contributed by atoms with Crippen molar-refractivity contribution in [1.29, 1.82) is 0 Å². The fourth-order valence-corrected chi connectivity index (χ4v) is 1.93. The zero-order chi connectivity index (χ0) is 7.40. The van der Waals surface area contributed by atoms with Gasteiger partial charge in [-0.3, -0.25) is 4.31 Å². The average Bonchev–Trinajstić information content (AvgIpc) is 2.05. The third kappa shape index (κ3) is 2.17. The van der Waals surface area contributed by atoms with E-state index in [0.717, 1.165) is 6.04 Å². The first kappa shape index (κ1) is 8.41. The van der Waals surface area contributed by atoms with E-state index in [-0.39, 0.29) is 0 Å². The van der Waals surface area contributed by atoms with Crippen molar-refractivity contribution in [3.8, 4) is 0 Å². The third-order valence-electron chi connectivity index (χ3n) is 2.21. The number of nitrogens with zero attached hydrogens (tertiary/aromatic N) is 1. The lowest BCUT2D eigenvalue weighted by molar-refractivity contribution is 0.335. The molecular formula is C8H16NS. The molecule has 1 nitrogen and oxygen atoms in total. The summed E-state index contributed by atoms with van der Waals surface area (Å²) >= 11 is 1.85. The highest BCUT2D eigenvalue weighted by atomic mass is 32.2. The van der Waals surface area contributed by atoms with Gasteiger partial charge in [-0.05, 0) is 45.4 Å². The largest absolute Gasteiger partial charge is 0.251 e. The van der Waals surface area contributed by atoms with Crippen LogP contribution in [0.3, 0.4) is 0 Å². The Morgan fingerprint density at radius 1 is 1.40 bits per heavy atom. The summed E-state index contributed by atoms with van der Waals surface area (Å²) in [6.45, 7) is 0. The summed E-state index contributed by atoms with van der Waals surface area (Å²) in [6, 6.07) is 0.833. The van der Waals surface area contributed by atoms with E-state index >= 15 is 0 Å². The van der Waals surface area contributed by atoms with Crippen molar-refractivity contribution >= 4 is 11.9 Å². The maximum absolute atomic E-state index is 2.41. The zero-order valence-corrected chi connectivity index (χ0v) is 7.66. The second kappa shape index (κ2) is 4.24. The van der Waals surface area contributed by atoms with Gasteiger partial charge in [0, 0.05) is 6.04 Å². The molecule has 0 unspecified atom stereocenters. The topological polar surface area (TPSA) is 3.24 Å². The third-order valence-corrected chi connectivity index (χ3v) is 3.08. The molecule has 0 aromatic heterocycles. The zero-order valence-electron chi connectivity index (χ0n) is 6.84. The van der Waals surface area contributed by atoms with E-state index in [4.69, 9.17) is 0 Å². The van der Waals surface area contributed by atoms with E-state index in [1.54, 1.807) is 0 Å². The monoisotopic (exact) mass is 158 g/mol. The minimum absolute atomic E-state index is 0.833. The van der Waals surface area contributed by atoms with Crippen LogP contribution in [0.25, 0.3) is 0 Å². The van der Waals surface area contributed by atoms with Crippen molar-refractivity contribution < 1.29 is 0 Å². The number of rotatable bonds is 2. The minimum Gasteiger partial charge on any atom is -0.251 e. The van der Waals surface area contributed by atoms with E-state index in [0.29, 0.717) is 0 Å². The first-order valence-corrected chi connectivity index (χ1v) is 5.11. The Labute approximate surface area is 68.3 Å². The van der Waals surface area contributed by atoms with Gasteiger partial charge in [-0.1, -0.05) is 11.9 Å². The SMILES string of the molecule is CSN(C)C1CC[CH]CC1. The van der Waals surface area contributed by atoms with Gasteiger partial charge >= 0.3 is 0 Å². The summed E-state index contributed by atoms with van der Waals surface area (Å²) in [5, 5.41) is 0. The van der Waals surface area contributed by atoms with Crippen molar-refractivity contribution in [2.24, 2.45) is 0 Å². The van der Waals surface area contributed by atoms with Gasteiger partial charge in [0.25, 0.3) is 0 Å². The van der Waals surface area contributed by atoms with E-state index < -0.39 is 0 Å². The quantitative estimate of drug-likeness (QED) is 0.567. The van der Waals surface area contributed by atoms with Crippen molar-refractivity contribution in [3.63, 3.8) is 0 Å². The highest BCUT2D eigenvalue weighted by Gasteiger charge is 2.16. The Morgan fingerprint density at radius 2 is 2.00 bits per heavy atom. The summed E-state index contributed by atoms with van der Waals surface area (Å²) in [6.07, 6.45) is 9.91. The van der Waals surface area contributed by atoms with Crippen molar-refractivity contribution in [3.05, 3.63) is 6.42 Å². The van der Waals surface area contributed by atoms with Crippen LogP contribution in [0, 0.1) is 6.42 Å². The molecule has 1 radical (unpaired) electrons. The van der Waals surface area contributed by atoms with Gasteiger partial charge in [-0.2, -0.15) is 0 Å². The Bertz CT molecular complexity index is 89.3. The van der Waals surface area contributed by atoms with E-state index in [9.17, 15) is 0 Å². The predicted octanol–water partition coefficient (Wildman–Crippen LogP) is 2.34. The molecule has 0 N–H and O–H groups in total. The molecule has 1 aliphatic carbocycles. The molecule has 10 heavy (non-hydrogen) atoms. The molecule has 1 saturated carbocycles. The molecule has 1 fully saturated rings. The Morgan fingerprint density at radius 3 is 2.50 bits per heavy atom.